The zero-order chi connectivity index (χ0) is 20.1. The summed E-state index contributed by atoms with van der Waals surface area (Å²) >= 11 is 5.94. The van der Waals surface area contributed by atoms with Crippen LogP contribution in [0.5, 0.6) is 5.75 Å². The number of hydrogen-bond acceptors (Lipinski definition) is 4. The minimum absolute atomic E-state index is 0.00394. The predicted octanol–water partition coefficient (Wildman–Crippen LogP) is 2.96. The molecule has 148 valence electrons. The third kappa shape index (κ3) is 5.16. The van der Waals surface area contributed by atoms with E-state index in [2.05, 4.69) is 10.2 Å². The second-order valence-corrected chi connectivity index (χ2v) is 7.33. The molecule has 0 radical (unpaired) electrons. The summed E-state index contributed by atoms with van der Waals surface area (Å²) in [5.41, 5.74) is 1.80. The second kappa shape index (κ2) is 8.97. The summed E-state index contributed by atoms with van der Waals surface area (Å²) in [4.78, 5) is 28.4. The maximum atomic E-state index is 12.8. The van der Waals surface area contributed by atoms with E-state index in [4.69, 9.17) is 11.6 Å². The maximum Gasteiger partial charge on any atom is 0.225 e. The Hall–Kier alpha value is -2.73. The number of nitrogens with one attached hydrogen (secondary N) is 1. The van der Waals surface area contributed by atoms with Crippen molar-refractivity contribution in [3.8, 4) is 5.75 Å². The van der Waals surface area contributed by atoms with Crippen LogP contribution in [0.25, 0.3) is 0 Å². The van der Waals surface area contributed by atoms with Gasteiger partial charge in [-0.05, 0) is 29.8 Å². The summed E-state index contributed by atoms with van der Waals surface area (Å²) in [5.74, 6) is 0.0582. The van der Waals surface area contributed by atoms with Crippen LogP contribution in [-0.4, -0.2) is 48.0 Å². The Morgan fingerprint density at radius 3 is 2.39 bits per heavy atom. The van der Waals surface area contributed by atoms with E-state index in [0.29, 0.717) is 31.2 Å². The number of amides is 2. The number of carbonyl (C=O) groups is 2. The van der Waals surface area contributed by atoms with Gasteiger partial charge in [0.2, 0.25) is 11.8 Å². The van der Waals surface area contributed by atoms with Gasteiger partial charge < -0.3 is 20.2 Å². The smallest absolute Gasteiger partial charge is 0.225 e. The van der Waals surface area contributed by atoms with Gasteiger partial charge in [0.1, 0.15) is 5.75 Å². The van der Waals surface area contributed by atoms with E-state index in [-0.39, 0.29) is 30.0 Å². The van der Waals surface area contributed by atoms with Crippen LogP contribution in [0.4, 0.5) is 5.69 Å². The molecule has 2 N–H and O–H groups in total. The number of carbonyl (C=O) groups excluding carboxylic acids is 2. The lowest BCUT2D eigenvalue weighted by Crippen LogP contribution is -2.49. The largest absolute Gasteiger partial charge is 0.508 e. The van der Waals surface area contributed by atoms with Crippen molar-refractivity contribution < 1.29 is 14.7 Å². The molecular formula is C21H24ClN3O3. The minimum Gasteiger partial charge on any atom is -0.508 e. The van der Waals surface area contributed by atoms with Gasteiger partial charge in [-0.25, -0.2) is 0 Å². The predicted molar refractivity (Wildman–Crippen MR) is 110 cm³/mol. The van der Waals surface area contributed by atoms with Gasteiger partial charge in [-0.15, -0.1) is 0 Å². The monoisotopic (exact) mass is 401 g/mol. The fourth-order valence-electron chi connectivity index (χ4n) is 3.40. The fraction of sp³-hybridized carbons (Fsp3) is 0.333. The number of piperazine rings is 1. The van der Waals surface area contributed by atoms with Gasteiger partial charge in [0.15, 0.2) is 0 Å². The number of hydrogen-bond donors (Lipinski definition) is 2. The second-order valence-electron chi connectivity index (χ2n) is 6.90. The number of benzene rings is 2. The summed E-state index contributed by atoms with van der Waals surface area (Å²) < 4.78 is 0. The first-order valence-electron chi connectivity index (χ1n) is 9.26. The molecule has 6 nitrogen and oxygen atoms in total. The Balaban J connectivity index is 1.61. The number of anilines is 1. The lowest BCUT2D eigenvalue weighted by atomic mass is 10.0. The fourth-order valence-corrected chi connectivity index (χ4v) is 3.53. The summed E-state index contributed by atoms with van der Waals surface area (Å²) in [6.07, 6.45) is 0.202. The lowest BCUT2D eigenvalue weighted by Gasteiger charge is -2.36. The van der Waals surface area contributed by atoms with Crippen LogP contribution in [0, 0.1) is 0 Å². The first-order chi connectivity index (χ1) is 13.4. The molecule has 28 heavy (non-hydrogen) atoms. The average Bonchev–Trinajstić information content (AvgIpc) is 2.68. The van der Waals surface area contributed by atoms with Crippen molar-refractivity contribution in [1.82, 2.24) is 10.2 Å². The van der Waals surface area contributed by atoms with Crippen LogP contribution in [0.15, 0.2) is 48.5 Å². The quantitative estimate of drug-likeness (QED) is 0.807. The molecule has 1 fully saturated rings. The van der Waals surface area contributed by atoms with Crippen molar-refractivity contribution in [2.45, 2.75) is 19.4 Å². The Morgan fingerprint density at radius 2 is 1.79 bits per heavy atom. The Bertz CT molecular complexity index is 833. The highest BCUT2D eigenvalue weighted by Gasteiger charge is 2.25. The molecule has 0 aromatic heterocycles. The highest BCUT2D eigenvalue weighted by atomic mass is 35.5. The van der Waals surface area contributed by atoms with E-state index in [1.807, 2.05) is 29.2 Å². The molecule has 0 spiro atoms. The summed E-state index contributed by atoms with van der Waals surface area (Å²) in [7, 11) is 0. The van der Waals surface area contributed by atoms with Gasteiger partial charge in [0.25, 0.3) is 0 Å². The number of halogens is 1. The average molecular weight is 402 g/mol. The molecular weight excluding hydrogens is 378 g/mol. The third-order valence-electron chi connectivity index (χ3n) is 4.86. The topological polar surface area (TPSA) is 72.9 Å². The molecule has 0 aliphatic carbocycles. The Morgan fingerprint density at radius 1 is 1.11 bits per heavy atom. The minimum atomic E-state index is -0.383. The third-order valence-corrected chi connectivity index (χ3v) is 5.11. The van der Waals surface area contributed by atoms with Crippen LogP contribution in [-0.2, 0) is 9.59 Å². The first kappa shape index (κ1) is 20.0. The van der Waals surface area contributed by atoms with E-state index in [0.717, 1.165) is 11.3 Å². The zero-order valence-electron chi connectivity index (χ0n) is 15.8. The van der Waals surface area contributed by atoms with Gasteiger partial charge in [0.05, 0.1) is 12.5 Å². The summed E-state index contributed by atoms with van der Waals surface area (Å²) in [5, 5.41) is 13.1. The number of nitrogens with zero attached hydrogens (tertiary/aromatic N) is 2. The Labute approximate surface area is 169 Å². The molecule has 0 bridgehead atoms. The molecule has 1 aliphatic heterocycles. The van der Waals surface area contributed by atoms with Crippen molar-refractivity contribution in [3.63, 3.8) is 0 Å². The first-order valence-corrected chi connectivity index (χ1v) is 9.64. The lowest BCUT2D eigenvalue weighted by molar-refractivity contribution is -0.132. The zero-order valence-corrected chi connectivity index (χ0v) is 16.5. The molecule has 1 atom stereocenters. The molecule has 0 saturated carbocycles. The van der Waals surface area contributed by atoms with E-state index in [1.165, 1.54) is 6.92 Å². The molecule has 2 aromatic rings. The van der Waals surface area contributed by atoms with Gasteiger partial charge in [-0.3, -0.25) is 9.59 Å². The molecule has 1 aliphatic rings. The van der Waals surface area contributed by atoms with E-state index in [1.54, 1.807) is 24.3 Å². The van der Waals surface area contributed by atoms with Crippen molar-refractivity contribution in [1.29, 1.82) is 0 Å². The van der Waals surface area contributed by atoms with Crippen molar-refractivity contribution >= 4 is 29.1 Å². The van der Waals surface area contributed by atoms with Crippen LogP contribution in [0.1, 0.15) is 24.9 Å². The SMILES string of the molecule is CC(=O)NC(CC(=O)N1CCN(c2cccc(O)c2)CC1)c1ccc(Cl)cc1. The van der Waals surface area contributed by atoms with Gasteiger partial charge in [-0.2, -0.15) is 0 Å². The van der Waals surface area contributed by atoms with Gasteiger partial charge in [0, 0.05) is 49.9 Å². The number of rotatable bonds is 5. The molecule has 1 heterocycles. The molecule has 1 saturated heterocycles. The number of aromatic hydroxyl groups is 1. The molecule has 2 amide bonds. The van der Waals surface area contributed by atoms with Crippen molar-refractivity contribution in [3.05, 3.63) is 59.1 Å². The number of phenols is 1. The summed E-state index contributed by atoms with van der Waals surface area (Å²) in [6.45, 7) is 4.03. The van der Waals surface area contributed by atoms with Crippen LogP contribution in [0.2, 0.25) is 5.02 Å². The van der Waals surface area contributed by atoms with Gasteiger partial charge in [-0.1, -0.05) is 29.8 Å². The molecule has 7 heteroatoms. The van der Waals surface area contributed by atoms with Crippen LogP contribution >= 0.6 is 11.6 Å². The van der Waals surface area contributed by atoms with Crippen molar-refractivity contribution in [2.75, 3.05) is 31.1 Å². The Kier molecular flexibility index (Phi) is 6.41. The van der Waals surface area contributed by atoms with Crippen LogP contribution < -0.4 is 10.2 Å². The molecule has 1 unspecified atom stereocenters. The normalized spacial score (nSPS) is 15.2. The summed E-state index contributed by atoms with van der Waals surface area (Å²) in [6, 6.07) is 13.9. The highest BCUT2D eigenvalue weighted by molar-refractivity contribution is 6.30. The van der Waals surface area contributed by atoms with Crippen molar-refractivity contribution in [2.24, 2.45) is 0 Å². The van der Waals surface area contributed by atoms with E-state index >= 15 is 0 Å². The maximum absolute atomic E-state index is 12.8. The standard InChI is InChI=1S/C21H24ClN3O3/c1-15(26)23-20(16-5-7-17(22)8-6-16)14-21(28)25-11-9-24(10-12-25)18-3-2-4-19(27)13-18/h2-8,13,20,27H,9-12,14H2,1H3,(H,23,26). The van der Waals surface area contributed by atoms with Crippen LogP contribution in [0.3, 0.4) is 0 Å². The van der Waals surface area contributed by atoms with Gasteiger partial charge >= 0.3 is 0 Å². The van der Waals surface area contributed by atoms with E-state index < -0.39 is 0 Å². The molecule has 2 aromatic carbocycles. The van der Waals surface area contributed by atoms with E-state index in [9.17, 15) is 14.7 Å². The highest BCUT2D eigenvalue weighted by Crippen LogP contribution is 2.23. The molecule has 3 rings (SSSR count). The number of phenolic OH excluding ortho intramolecular Hbond substituents is 1.